The number of hydrogen-bond acceptors (Lipinski definition) is 3. The highest BCUT2D eigenvalue weighted by Gasteiger charge is 2.12. The van der Waals surface area contributed by atoms with Gasteiger partial charge in [-0.2, -0.15) is 5.10 Å². The highest BCUT2D eigenvalue weighted by atomic mass is 15.3. The SMILES string of the molecule is CCn1ncnc1CNc1ccc(C(C)(C)C)cc1. The number of anilines is 1. The standard InChI is InChI=1S/C15H22N4/c1-5-19-14(17-11-18-19)10-16-13-8-6-12(7-9-13)15(2,3)4/h6-9,11,16H,5,10H2,1-4H3. The Bertz CT molecular complexity index is 520. The molecular weight excluding hydrogens is 236 g/mol. The maximum Gasteiger partial charge on any atom is 0.146 e. The minimum atomic E-state index is 0.195. The van der Waals surface area contributed by atoms with Crippen LogP contribution in [-0.4, -0.2) is 14.8 Å². The lowest BCUT2D eigenvalue weighted by Crippen LogP contribution is -2.11. The van der Waals surface area contributed by atoms with Gasteiger partial charge in [-0.05, 0) is 30.0 Å². The smallest absolute Gasteiger partial charge is 0.146 e. The third-order valence-electron chi connectivity index (χ3n) is 3.20. The van der Waals surface area contributed by atoms with E-state index in [1.54, 1.807) is 6.33 Å². The summed E-state index contributed by atoms with van der Waals surface area (Å²) in [4.78, 5) is 4.25. The molecule has 0 spiro atoms. The quantitative estimate of drug-likeness (QED) is 0.915. The van der Waals surface area contributed by atoms with Crippen molar-refractivity contribution in [2.24, 2.45) is 0 Å². The molecule has 1 aromatic heterocycles. The molecule has 0 amide bonds. The molecule has 0 saturated heterocycles. The Balaban J connectivity index is 2.01. The van der Waals surface area contributed by atoms with Crippen molar-refractivity contribution in [1.82, 2.24) is 14.8 Å². The fraction of sp³-hybridized carbons (Fsp3) is 0.467. The van der Waals surface area contributed by atoms with Crippen LogP contribution in [0, 0.1) is 0 Å². The molecule has 1 heterocycles. The van der Waals surface area contributed by atoms with Crippen LogP contribution in [0.15, 0.2) is 30.6 Å². The molecule has 0 atom stereocenters. The number of aryl methyl sites for hydroxylation is 1. The summed E-state index contributed by atoms with van der Waals surface area (Å²) in [5.41, 5.74) is 2.65. The molecule has 19 heavy (non-hydrogen) atoms. The first-order valence-electron chi connectivity index (χ1n) is 6.72. The average Bonchev–Trinajstić information content (AvgIpc) is 2.83. The third kappa shape index (κ3) is 3.34. The molecule has 0 radical (unpaired) electrons. The van der Waals surface area contributed by atoms with E-state index in [0.29, 0.717) is 6.54 Å². The molecule has 4 nitrogen and oxygen atoms in total. The van der Waals surface area contributed by atoms with Gasteiger partial charge < -0.3 is 5.32 Å². The number of rotatable bonds is 4. The second-order valence-corrected chi connectivity index (χ2v) is 5.67. The minimum Gasteiger partial charge on any atom is -0.378 e. The van der Waals surface area contributed by atoms with Crippen LogP contribution in [0.4, 0.5) is 5.69 Å². The highest BCUT2D eigenvalue weighted by Crippen LogP contribution is 2.23. The fourth-order valence-electron chi connectivity index (χ4n) is 1.96. The zero-order chi connectivity index (χ0) is 13.9. The maximum atomic E-state index is 4.25. The van der Waals surface area contributed by atoms with Crippen molar-refractivity contribution in [2.45, 2.75) is 46.2 Å². The van der Waals surface area contributed by atoms with Crippen LogP contribution in [0.5, 0.6) is 0 Å². The topological polar surface area (TPSA) is 42.7 Å². The van der Waals surface area contributed by atoms with Gasteiger partial charge in [-0.1, -0.05) is 32.9 Å². The van der Waals surface area contributed by atoms with Gasteiger partial charge in [0, 0.05) is 12.2 Å². The van der Waals surface area contributed by atoms with Crippen LogP contribution in [-0.2, 0) is 18.5 Å². The first-order valence-corrected chi connectivity index (χ1v) is 6.72. The Morgan fingerprint density at radius 1 is 1.16 bits per heavy atom. The molecule has 0 saturated carbocycles. The van der Waals surface area contributed by atoms with Crippen LogP contribution >= 0.6 is 0 Å². The van der Waals surface area contributed by atoms with Gasteiger partial charge in [-0.25, -0.2) is 9.67 Å². The van der Waals surface area contributed by atoms with Crippen LogP contribution in [0.3, 0.4) is 0 Å². The first-order chi connectivity index (χ1) is 9.00. The highest BCUT2D eigenvalue weighted by molar-refractivity contribution is 5.45. The molecular formula is C15H22N4. The Morgan fingerprint density at radius 3 is 2.42 bits per heavy atom. The lowest BCUT2D eigenvalue weighted by Gasteiger charge is -2.19. The number of hydrogen-bond donors (Lipinski definition) is 1. The van der Waals surface area contributed by atoms with Crippen LogP contribution < -0.4 is 5.32 Å². The van der Waals surface area contributed by atoms with E-state index in [4.69, 9.17) is 0 Å². The minimum absolute atomic E-state index is 0.195. The second kappa shape index (κ2) is 5.43. The molecule has 0 unspecified atom stereocenters. The normalized spacial score (nSPS) is 11.6. The largest absolute Gasteiger partial charge is 0.378 e. The zero-order valence-corrected chi connectivity index (χ0v) is 12.1. The predicted octanol–water partition coefficient (Wildman–Crippen LogP) is 3.21. The van der Waals surface area contributed by atoms with Gasteiger partial charge in [0.05, 0.1) is 6.54 Å². The molecule has 0 aliphatic rings. The molecule has 0 aliphatic heterocycles. The van der Waals surface area contributed by atoms with E-state index in [0.717, 1.165) is 18.1 Å². The molecule has 4 heteroatoms. The Kier molecular flexibility index (Phi) is 3.88. The summed E-state index contributed by atoms with van der Waals surface area (Å²) in [6, 6.07) is 8.58. The predicted molar refractivity (Wildman–Crippen MR) is 78.2 cm³/mol. The van der Waals surface area contributed by atoms with Crippen molar-refractivity contribution < 1.29 is 0 Å². The van der Waals surface area contributed by atoms with Gasteiger partial charge in [-0.3, -0.25) is 0 Å². The van der Waals surface area contributed by atoms with E-state index in [1.807, 2.05) is 4.68 Å². The number of benzene rings is 1. The lowest BCUT2D eigenvalue weighted by atomic mass is 9.87. The van der Waals surface area contributed by atoms with Crippen LogP contribution in [0.1, 0.15) is 39.1 Å². The van der Waals surface area contributed by atoms with Crippen LogP contribution in [0.2, 0.25) is 0 Å². The number of aromatic nitrogens is 3. The van der Waals surface area contributed by atoms with E-state index in [9.17, 15) is 0 Å². The maximum absolute atomic E-state index is 4.25. The van der Waals surface area contributed by atoms with Gasteiger partial charge in [-0.15, -0.1) is 0 Å². The van der Waals surface area contributed by atoms with E-state index in [1.165, 1.54) is 5.56 Å². The van der Waals surface area contributed by atoms with Gasteiger partial charge in [0.2, 0.25) is 0 Å². The van der Waals surface area contributed by atoms with Gasteiger partial charge in [0.1, 0.15) is 12.2 Å². The van der Waals surface area contributed by atoms with E-state index in [-0.39, 0.29) is 5.41 Å². The Hall–Kier alpha value is -1.84. The van der Waals surface area contributed by atoms with Gasteiger partial charge in [0.25, 0.3) is 0 Å². The molecule has 0 aliphatic carbocycles. The first kappa shape index (κ1) is 13.6. The molecule has 0 fully saturated rings. The molecule has 102 valence electrons. The van der Waals surface area contributed by atoms with Gasteiger partial charge in [0.15, 0.2) is 0 Å². The summed E-state index contributed by atoms with van der Waals surface area (Å²) in [7, 11) is 0. The molecule has 2 aromatic rings. The van der Waals surface area contributed by atoms with Crippen molar-refractivity contribution in [3.63, 3.8) is 0 Å². The molecule has 2 rings (SSSR count). The van der Waals surface area contributed by atoms with Gasteiger partial charge >= 0.3 is 0 Å². The van der Waals surface area contributed by atoms with E-state index < -0.39 is 0 Å². The molecule has 1 aromatic carbocycles. The van der Waals surface area contributed by atoms with E-state index in [2.05, 4.69) is 67.4 Å². The summed E-state index contributed by atoms with van der Waals surface area (Å²) in [6.07, 6.45) is 1.60. The summed E-state index contributed by atoms with van der Waals surface area (Å²) < 4.78 is 1.90. The average molecular weight is 258 g/mol. The summed E-state index contributed by atoms with van der Waals surface area (Å²) in [6.45, 7) is 10.3. The van der Waals surface area contributed by atoms with Crippen molar-refractivity contribution in [1.29, 1.82) is 0 Å². The van der Waals surface area contributed by atoms with E-state index >= 15 is 0 Å². The van der Waals surface area contributed by atoms with Crippen molar-refractivity contribution in [3.05, 3.63) is 42.0 Å². The number of nitrogens with one attached hydrogen (secondary N) is 1. The Morgan fingerprint density at radius 2 is 1.84 bits per heavy atom. The third-order valence-corrected chi connectivity index (χ3v) is 3.20. The molecule has 0 bridgehead atoms. The lowest BCUT2D eigenvalue weighted by molar-refractivity contribution is 0.590. The summed E-state index contributed by atoms with van der Waals surface area (Å²) in [5, 5.41) is 7.54. The summed E-state index contributed by atoms with van der Waals surface area (Å²) >= 11 is 0. The Labute approximate surface area is 114 Å². The van der Waals surface area contributed by atoms with Crippen molar-refractivity contribution >= 4 is 5.69 Å². The van der Waals surface area contributed by atoms with Crippen molar-refractivity contribution in [3.8, 4) is 0 Å². The van der Waals surface area contributed by atoms with Crippen LogP contribution in [0.25, 0.3) is 0 Å². The fourth-order valence-corrected chi connectivity index (χ4v) is 1.96. The number of nitrogens with zero attached hydrogens (tertiary/aromatic N) is 3. The summed E-state index contributed by atoms with van der Waals surface area (Å²) in [5.74, 6) is 0.961. The second-order valence-electron chi connectivity index (χ2n) is 5.67. The molecule has 1 N–H and O–H groups in total. The van der Waals surface area contributed by atoms with Crippen molar-refractivity contribution in [2.75, 3.05) is 5.32 Å². The monoisotopic (exact) mass is 258 g/mol. The zero-order valence-electron chi connectivity index (χ0n) is 12.1.